The van der Waals surface area contributed by atoms with Crippen LogP contribution in [-0.2, 0) is 11.3 Å². The van der Waals surface area contributed by atoms with Crippen LogP contribution in [0, 0.1) is 10.1 Å². The van der Waals surface area contributed by atoms with Crippen LogP contribution in [0.15, 0.2) is 52.4 Å². The maximum atomic E-state index is 12.4. The first-order chi connectivity index (χ1) is 13.1. The van der Waals surface area contributed by atoms with Crippen LogP contribution in [0.2, 0.25) is 0 Å². The van der Waals surface area contributed by atoms with Gasteiger partial charge in [-0.25, -0.2) is 0 Å². The fraction of sp³-hybridized carbons (Fsp3) is 0.167. The van der Waals surface area contributed by atoms with Gasteiger partial charge >= 0.3 is 0 Å². The highest BCUT2D eigenvalue weighted by atomic mass is 32.1. The molecule has 0 atom stereocenters. The number of carbonyl (C=O) groups excluding carboxylic acids is 1. The van der Waals surface area contributed by atoms with Crippen LogP contribution >= 0.6 is 11.3 Å². The first kappa shape index (κ1) is 18.5. The Hall–Kier alpha value is -3.33. The van der Waals surface area contributed by atoms with Crippen molar-refractivity contribution in [3.05, 3.63) is 69.4 Å². The molecule has 0 spiro atoms. The van der Waals surface area contributed by atoms with Gasteiger partial charge in [0.25, 0.3) is 5.69 Å². The van der Waals surface area contributed by atoms with Gasteiger partial charge < -0.3 is 9.42 Å². The largest absolute Gasteiger partial charge is 0.337 e. The number of hydrogen-bond acceptors (Lipinski definition) is 7. The molecule has 0 aliphatic carbocycles. The van der Waals surface area contributed by atoms with E-state index in [9.17, 15) is 14.9 Å². The van der Waals surface area contributed by atoms with Crippen molar-refractivity contribution < 1.29 is 14.2 Å². The second-order valence-corrected chi connectivity index (χ2v) is 6.47. The summed E-state index contributed by atoms with van der Waals surface area (Å²) >= 11 is 1.50. The average Bonchev–Trinajstić information content (AvgIpc) is 3.36. The van der Waals surface area contributed by atoms with Crippen molar-refractivity contribution in [2.45, 2.75) is 13.5 Å². The molecule has 8 nitrogen and oxygen atoms in total. The van der Waals surface area contributed by atoms with Gasteiger partial charge in [0.2, 0.25) is 17.6 Å². The van der Waals surface area contributed by atoms with Crippen molar-refractivity contribution in [2.24, 2.45) is 0 Å². The number of carbonyl (C=O) groups is 1. The molecule has 0 bridgehead atoms. The smallest absolute Gasteiger partial charge is 0.270 e. The van der Waals surface area contributed by atoms with E-state index in [2.05, 4.69) is 10.1 Å². The maximum absolute atomic E-state index is 12.4. The predicted octanol–water partition coefficient (Wildman–Crippen LogP) is 3.77. The topological polar surface area (TPSA) is 102 Å². The van der Waals surface area contributed by atoms with Crippen molar-refractivity contribution in [1.29, 1.82) is 0 Å². The zero-order valence-electron chi connectivity index (χ0n) is 14.4. The minimum atomic E-state index is -0.474. The zero-order valence-corrected chi connectivity index (χ0v) is 15.3. The van der Waals surface area contributed by atoms with Crippen molar-refractivity contribution in [3.8, 4) is 10.7 Å². The molecule has 0 aliphatic heterocycles. The van der Waals surface area contributed by atoms with Crippen LogP contribution in [-0.4, -0.2) is 32.4 Å². The lowest BCUT2D eigenvalue weighted by Gasteiger charge is -2.16. The Balaban J connectivity index is 1.67. The number of non-ortho nitro benzene ring substituents is 1. The molecule has 0 N–H and O–H groups in total. The highest BCUT2D eigenvalue weighted by molar-refractivity contribution is 7.13. The number of nitrogens with zero attached hydrogens (tertiary/aromatic N) is 4. The zero-order chi connectivity index (χ0) is 19.2. The van der Waals surface area contributed by atoms with E-state index in [1.807, 2.05) is 24.4 Å². The highest BCUT2D eigenvalue weighted by Crippen LogP contribution is 2.21. The number of likely N-dealkylation sites (N-methyl/N-ethyl adjacent to an activating group) is 1. The summed E-state index contributed by atoms with van der Waals surface area (Å²) in [7, 11) is 0. The molecule has 1 amide bonds. The molecule has 2 heterocycles. The fourth-order valence-corrected chi connectivity index (χ4v) is 3.00. The van der Waals surface area contributed by atoms with Gasteiger partial charge in [-0.15, -0.1) is 11.3 Å². The van der Waals surface area contributed by atoms with E-state index in [1.54, 1.807) is 23.1 Å². The molecule has 0 aliphatic rings. The number of amides is 1. The lowest BCUT2D eigenvalue weighted by atomic mass is 10.2. The molecule has 3 rings (SSSR count). The average molecular weight is 384 g/mol. The summed E-state index contributed by atoms with van der Waals surface area (Å²) < 4.78 is 5.23. The Morgan fingerprint density at radius 1 is 1.37 bits per heavy atom. The molecule has 0 fully saturated rings. The third kappa shape index (κ3) is 4.64. The van der Waals surface area contributed by atoms with Gasteiger partial charge in [-0.05, 0) is 30.0 Å². The van der Waals surface area contributed by atoms with E-state index in [1.165, 1.54) is 29.5 Å². The van der Waals surface area contributed by atoms with Crippen molar-refractivity contribution in [3.63, 3.8) is 0 Å². The van der Waals surface area contributed by atoms with E-state index in [0.29, 0.717) is 23.8 Å². The van der Waals surface area contributed by atoms with Crippen LogP contribution in [0.5, 0.6) is 0 Å². The number of hydrogen-bond donors (Lipinski definition) is 0. The summed E-state index contributed by atoms with van der Waals surface area (Å²) in [4.78, 5) is 29.5. The molecule has 3 aromatic rings. The first-order valence-electron chi connectivity index (χ1n) is 8.14. The summed E-state index contributed by atoms with van der Waals surface area (Å²) in [5, 5.41) is 16.7. The molecule has 2 aromatic heterocycles. The van der Waals surface area contributed by atoms with Crippen LogP contribution in [0.1, 0.15) is 18.4 Å². The Labute approximate surface area is 158 Å². The number of thiophene rings is 1. The molecule has 27 heavy (non-hydrogen) atoms. The number of benzene rings is 1. The van der Waals surface area contributed by atoms with Crippen molar-refractivity contribution in [1.82, 2.24) is 15.0 Å². The number of nitro groups is 1. The minimum absolute atomic E-state index is 0.0242. The number of aromatic nitrogens is 2. The Kier molecular flexibility index (Phi) is 5.72. The van der Waals surface area contributed by atoms with Crippen LogP contribution in [0.25, 0.3) is 16.8 Å². The normalized spacial score (nSPS) is 11.0. The SMILES string of the molecule is CCN(Cc1nc(-c2cccs2)no1)C(=O)/C=C/c1cccc([N+](=O)[O-])c1. The molecule has 0 saturated heterocycles. The Morgan fingerprint density at radius 3 is 2.93 bits per heavy atom. The summed E-state index contributed by atoms with van der Waals surface area (Å²) in [5.41, 5.74) is 0.551. The molecule has 138 valence electrons. The van der Waals surface area contributed by atoms with Gasteiger partial charge in [-0.3, -0.25) is 14.9 Å². The molecule has 9 heteroatoms. The molecule has 0 radical (unpaired) electrons. The predicted molar refractivity (Wildman–Crippen MR) is 101 cm³/mol. The van der Waals surface area contributed by atoms with Gasteiger partial charge in [0.1, 0.15) is 6.54 Å². The number of rotatable bonds is 7. The van der Waals surface area contributed by atoms with Gasteiger partial charge in [0.05, 0.1) is 9.80 Å². The first-order valence-corrected chi connectivity index (χ1v) is 9.02. The van der Waals surface area contributed by atoms with Crippen molar-refractivity contribution in [2.75, 3.05) is 6.54 Å². The third-order valence-corrected chi connectivity index (χ3v) is 4.59. The van der Waals surface area contributed by atoms with E-state index in [-0.39, 0.29) is 18.1 Å². The lowest BCUT2D eigenvalue weighted by Crippen LogP contribution is -2.28. The second kappa shape index (κ2) is 8.37. The van der Waals surface area contributed by atoms with E-state index >= 15 is 0 Å². The van der Waals surface area contributed by atoms with E-state index < -0.39 is 4.92 Å². The van der Waals surface area contributed by atoms with E-state index in [0.717, 1.165) is 4.88 Å². The Morgan fingerprint density at radius 2 is 2.22 bits per heavy atom. The molecule has 1 aromatic carbocycles. The molecule has 0 saturated carbocycles. The van der Waals surface area contributed by atoms with Crippen molar-refractivity contribution >= 4 is 29.0 Å². The van der Waals surface area contributed by atoms with Gasteiger partial charge in [0, 0.05) is 24.8 Å². The van der Waals surface area contributed by atoms with Gasteiger partial charge in [-0.1, -0.05) is 23.4 Å². The standard InChI is InChI=1S/C18H16N4O4S/c1-2-21(12-16-19-18(20-26-16)15-7-4-10-27-15)17(23)9-8-13-5-3-6-14(11-13)22(24)25/h3-11H,2,12H2,1H3/b9-8+. The summed E-state index contributed by atoms with van der Waals surface area (Å²) in [6.45, 7) is 2.48. The highest BCUT2D eigenvalue weighted by Gasteiger charge is 2.15. The minimum Gasteiger partial charge on any atom is -0.337 e. The Bertz CT molecular complexity index is 965. The van der Waals surface area contributed by atoms with Crippen LogP contribution in [0.4, 0.5) is 5.69 Å². The molecule has 0 unspecified atom stereocenters. The van der Waals surface area contributed by atoms with Gasteiger partial charge in [0.15, 0.2) is 0 Å². The second-order valence-electron chi connectivity index (χ2n) is 5.53. The molecular formula is C18H16N4O4S. The summed E-state index contributed by atoms with van der Waals surface area (Å²) in [5.74, 6) is 0.591. The lowest BCUT2D eigenvalue weighted by molar-refractivity contribution is -0.384. The van der Waals surface area contributed by atoms with E-state index in [4.69, 9.17) is 4.52 Å². The van der Waals surface area contributed by atoms with Gasteiger partial charge in [-0.2, -0.15) is 4.98 Å². The van der Waals surface area contributed by atoms with Crippen LogP contribution in [0.3, 0.4) is 0 Å². The summed E-state index contributed by atoms with van der Waals surface area (Å²) in [6, 6.07) is 9.87. The fourth-order valence-electron chi connectivity index (χ4n) is 2.35. The maximum Gasteiger partial charge on any atom is 0.270 e. The monoisotopic (exact) mass is 384 g/mol. The van der Waals surface area contributed by atoms with Crippen LogP contribution < -0.4 is 0 Å². The quantitative estimate of drug-likeness (QED) is 0.349. The molecular weight excluding hydrogens is 368 g/mol. The third-order valence-electron chi connectivity index (χ3n) is 3.73. The summed E-state index contributed by atoms with van der Waals surface area (Å²) in [6.07, 6.45) is 2.92. The number of nitro benzene ring substituents is 1.